The average molecular weight is 243 g/mol. The van der Waals surface area contributed by atoms with Gasteiger partial charge in [-0.3, -0.25) is 0 Å². The van der Waals surface area contributed by atoms with Gasteiger partial charge in [-0.25, -0.2) is 0 Å². The van der Waals surface area contributed by atoms with Gasteiger partial charge in [-0.1, -0.05) is 24.3 Å². The molecule has 1 fully saturated rings. The van der Waals surface area contributed by atoms with Gasteiger partial charge in [-0.2, -0.15) is 5.26 Å². The van der Waals surface area contributed by atoms with E-state index in [1.54, 1.807) is 0 Å². The van der Waals surface area contributed by atoms with Crippen LogP contribution in [0.25, 0.3) is 0 Å². The summed E-state index contributed by atoms with van der Waals surface area (Å²) in [5.74, 6) is 0. The highest BCUT2D eigenvalue weighted by Crippen LogP contribution is 2.48. The van der Waals surface area contributed by atoms with Crippen LogP contribution in [0.2, 0.25) is 0 Å². The predicted molar refractivity (Wildman–Crippen MR) is 66.9 cm³/mol. The molecule has 0 bridgehead atoms. The molecule has 3 nitrogen and oxygen atoms in total. The molecular weight excluding hydrogens is 226 g/mol. The number of rotatable bonds is 1. The van der Waals surface area contributed by atoms with Gasteiger partial charge in [-0.05, 0) is 24.0 Å². The van der Waals surface area contributed by atoms with Crippen molar-refractivity contribution >= 4 is 0 Å². The lowest BCUT2D eigenvalue weighted by Crippen LogP contribution is -2.51. The van der Waals surface area contributed by atoms with E-state index in [2.05, 4.69) is 18.2 Å². The van der Waals surface area contributed by atoms with Crippen molar-refractivity contribution in [3.8, 4) is 6.07 Å². The average Bonchev–Trinajstić information content (AvgIpc) is 2.80. The van der Waals surface area contributed by atoms with Crippen molar-refractivity contribution in [2.75, 3.05) is 13.2 Å². The molecule has 1 aliphatic heterocycles. The van der Waals surface area contributed by atoms with E-state index in [0.29, 0.717) is 38.9 Å². The molecule has 0 saturated carbocycles. The summed E-state index contributed by atoms with van der Waals surface area (Å²) >= 11 is 0. The number of benzene rings is 1. The van der Waals surface area contributed by atoms with Gasteiger partial charge in [0.1, 0.15) is 0 Å². The molecule has 0 amide bonds. The molecular formula is C15H17NO2. The highest BCUT2D eigenvalue weighted by molar-refractivity contribution is 5.39. The molecule has 3 rings (SSSR count). The minimum Gasteiger partial charge on any atom is -0.388 e. The van der Waals surface area contributed by atoms with Gasteiger partial charge >= 0.3 is 0 Å². The van der Waals surface area contributed by atoms with Gasteiger partial charge in [-0.15, -0.1) is 0 Å². The Labute approximate surface area is 107 Å². The summed E-state index contributed by atoms with van der Waals surface area (Å²) in [7, 11) is 0. The van der Waals surface area contributed by atoms with Crippen LogP contribution >= 0.6 is 0 Å². The molecule has 0 radical (unpaired) electrons. The molecule has 1 aromatic rings. The van der Waals surface area contributed by atoms with Crippen molar-refractivity contribution in [1.29, 1.82) is 5.26 Å². The van der Waals surface area contributed by atoms with E-state index in [1.165, 1.54) is 11.1 Å². The normalized spacial score (nSPS) is 24.2. The number of nitrogens with zero attached hydrogens (tertiary/aromatic N) is 1. The van der Waals surface area contributed by atoms with Crippen molar-refractivity contribution in [2.24, 2.45) is 5.41 Å². The highest BCUT2D eigenvalue weighted by Gasteiger charge is 2.54. The molecule has 18 heavy (non-hydrogen) atoms. The molecule has 2 aliphatic rings. The zero-order chi connectivity index (χ0) is 12.6. The van der Waals surface area contributed by atoms with Crippen LogP contribution in [0.15, 0.2) is 24.3 Å². The first-order valence-electron chi connectivity index (χ1n) is 6.47. The number of ether oxygens (including phenoxy) is 1. The first-order chi connectivity index (χ1) is 8.69. The quantitative estimate of drug-likeness (QED) is 0.818. The van der Waals surface area contributed by atoms with Crippen LogP contribution in [-0.4, -0.2) is 23.9 Å². The fourth-order valence-corrected chi connectivity index (χ4v) is 3.31. The van der Waals surface area contributed by atoms with Crippen molar-refractivity contribution in [3.05, 3.63) is 35.4 Å². The molecule has 1 N–H and O–H groups in total. The molecule has 0 aromatic heterocycles. The Morgan fingerprint density at radius 3 is 2.17 bits per heavy atom. The summed E-state index contributed by atoms with van der Waals surface area (Å²) in [4.78, 5) is 0. The van der Waals surface area contributed by atoms with Crippen LogP contribution < -0.4 is 0 Å². The van der Waals surface area contributed by atoms with Gasteiger partial charge in [0, 0.05) is 26.1 Å². The summed E-state index contributed by atoms with van der Waals surface area (Å²) in [5, 5.41) is 20.5. The zero-order valence-electron chi connectivity index (χ0n) is 10.4. The van der Waals surface area contributed by atoms with Crippen LogP contribution in [0, 0.1) is 16.7 Å². The van der Waals surface area contributed by atoms with E-state index in [0.717, 1.165) is 0 Å². The molecule has 1 aliphatic carbocycles. The largest absolute Gasteiger partial charge is 0.388 e. The van der Waals surface area contributed by atoms with Crippen LogP contribution in [0.5, 0.6) is 0 Å². The third-order valence-corrected chi connectivity index (χ3v) is 4.53. The lowest BCUT2D eigenvalue weighted by Gasteiger charge is -2.42. The van der Waals surface area contributed by atoms with Crippen LogP contribution in [-0.2, 0) is 17.6 Å². The summed E-state index contributed by atoms with van der Waals surface area (Å²) in [5.41, 5.74) is 0.845. The highest BCUT2D eigenvalue weighted by atomic mass is 16.5. The van der Waals surface area contributed by atoms with E-state index >= 15 is 0 Å². The van der Waals surface area contributed by atoms with E-state index in [9.17, 15) is 10.4 Å². The smallest absolute Gasteiger partial charge is 0.0942 e. The molecule has 1 aromatic carbocycles. The standard InChI is InChI=1S/C15H17NO2/c16-11-14(15(17)5-7-18-8-6-15)9-12-3-1-2-4-13(12)10-14/h1-4,17H,5-10H2. The van der Waals surface area contributed by atoms with E-state index in [4.69, 9.17) is 4.74 Å². The van der Waals surface area contributed by atoms with E-state index in [1.807, 2.05) is 12.1 Å². The van der Waals surface area contributed by atoms with Crippen LogP contribution in [0.1, 0.15) is 24.0 Å². The number of aliphatic hydroxyl groups is 1. The van der Waals surface area contributed by atoms with Gasteiger partial charge in [0.15, 0.2) is 0 Å². The lowest BCUT2D eigenvalue weighted by molar-refractivity contribution is -0.121. The fraction of sp³-hybridized carbons (Fsp3) is 0.533. The molecule has 1 saturated heterocycles. The van der Waals surface area contributed by atoms with Crippen molar-refractivity contribution in [3.63, 3.8) is 0 Å². The molecule has 0 spiro atoms. The van der Waals surface area contributed by atoms with Crippen molar-refractivity contribution in [2.45, 2.75) is 31.3 Å². The number of fused-ring (bicyclic) bond motifs is 1. The Hall–Kier alpha value is -1.37. The minimum atomic E-state index is -0.904. The number of hydrogen-bond acceptors (Lipinski definition) is 3. The van der Waals surface area contributed by atoms with Crippen molar-refractivity contribution < 1.29 is 9.84 Å². The Morgan fingerprint density at radius 2 is 1.67 bits per heavy atom. The second kappa shape index (κ2) is 4.08. The summed E-state index contributed by atoms with van der Waals surface area (Å²) in [6, 6.07) is 10.6. The van der Waals surface area contributed by atoms with Crippen LogP contribution in [0.4, 0.5) is 0 Å². The number of nitriles is 1. The Morgan fingerprint density at radius 1 is 1.11 bits per heavy atom. The van der Waals surface area contributed by atoms with Gasteiger partial charge in [0.2, 0.25) is 0 Å². The Kier molecular flexibility index (Phi) is 2.65. The summed E-state index contributed by atoms with van der Waals surface area (Å²) < 4.78 is 5.32. The number of hydrogen-bond donors (Lipinski definition) is 1. The third kappa shape index (κ3) is 1.57. The third-order valence-electron chi connectivity index (χ3n) is 4.53. The first-order valence-corrected chi connectivity index (χ1v) is 6.47. The van der Waals surface area contributed by atoms with Gasteiger partial charge in [0.25, 0.3) is 0 Å². The molecule has 1 heterocycles. The fourth-order valence-electron chi connectivity index (χ4n) is 3.31. The maximum absolute atomic E-state index is 10.9. The monoisotopic (exact) mass is 243 g/mol. The lowest BCUT2D eigenvalue weighted by atomic mass is 9.67. The van der Waals surface area contributed by atoms with Gasteiger partial charge in [0.05, 0.1) is 17.1 Å². The summed E-state index contributed by atoms with van der Waals surface area (Å²) in [6.45, 7) is 1.10. The maximum Gasteiger partial charge on any atom is 0.0942 e. The SMILES string of the molecule is N#CC1(C2(O)CCOCC2)Cc2ccccc2C1. The summed E-state index contributed by atoms with van der Waals surface area (Å²) in [6.07, 6.45) is 2.45. The topological polar surface area (TPSA) is 53.2 Å². The minimum absolute atomic E-state index is 0.552. The second-order valence-electron chi connectivity index (χ2n) is 5.46. The van der Waals surface area contributed by atoms with E-state index < -0.39 is 11.0 Å². The predicted octanol–water partition coefficient (Wildman–Crippen LogP) is 1.84. The van der Waals surface area contributed by atoms with E-state index in [-0.39, 0.29) is 0 Å². The molecule has 0 atom stereocenters. The molecule has 94 valence electrons. The molecule has 0 unspecified atom stereocenters. The van der Waals surface area contributed by atoms with Crippen LogP contribution in [0.3, 0.4) is 0 Å². The zero-order valence-corrected chi connectivity index (χ0v) is 10.4. The van der Waals surface area contributed by atoms with Gasteiger partial charge < -0.3 is 9.84 Å². The van der Waals surface area contributed by atoms with Crippen molar-refractivity contribution in [1.82, 2.24) is 0 Å². The Balaban J connectivity index is 1.97. The first kappa shape index (κ1) is 11.7. The second-order valence-corrected chi connectivity index (χ2v) is 5.46. The molecule has 3 heteroatoms. The Bertz CT molecular complexity index is 472. The maximum atomic E-state index is 10.9.